The van der Waals surface area contributed by atoms with Crippen LogP contribution in [0.25, 0.3) is 6.08 Å². The van der Waals surface area contributed by atoms with E-state index in [4.69, 9.17) is 0 Å². The molecule has 3 rings (SSSR count). The second-order valence-corrected chi connectivity index (χ2v) is 4.26. The van der Waals surface area contributed by atoms with Crippen LogP contribution >= 0.6 is 12.4 Å². The minimum Gasteiger partial charge on any atom is -0.508 e. The topological polar surface area (TPSA) is 50.2 Å². The largest absolute Gasteiger partial charge is 0.508 e. The molecule has 0 fully saturated rings. The Balaban J connectivity index is 0.00000133. The van der Waals surface area contributed by atoms with Gasteiger partial charge in [-0.05, 0) is 29.8 Å². The highest BCUT2D eigenvalue weighted by molar-refractivity contribution is 6.16. The summed E-state index contributed by atoms with van der Waals surface area (Å²) in [6, 6.07) is 8.76. The van der Waals surface area contributed by atoms with Gasteiger partial charge in [0.2, 0.25) is 0 Å². The van der Waals surface area contributed by atoms with Crippen LogP contribution < -0.4 is 0 Å². The Hall–Kier alpha value is -2.13. The standard InChI is InChI=1S/C15H11NO2.ClH/c17-14-3-1-2-12-13(14)9-11(15(12)18)8-10-4-6-16-7-5-10;/h1-8,17H,9H2;1H/b11-8-;. The number of aromatic nitrogens is 1. The van der Waals surface area contributed by atoms with Crippen molar-refractivity contribution in [1.82, 2.24) is 4.98 Å². The quantitative estimate of drug-likeness (QED) is 0.813. The Labute approximate surface area is 117 Å². The van der Waals surface area contributed by atoms with Crippen molar-refractivity contribution in [2.24, 2.45) is 0 Å². The van der Waals surface area contributed by atoms with Crippen molar-refractivity contribution >= 4 is 24.3 Å². The molecule has 1 N–H and O–H groups in total. The van der Waals surface area contributed by atoms with Gasteiger partial charge in [-0.15, -0.1) is 12.4 Å². The van der Waals surface area contributed by atoms with E-state index in [1.54, 1.807) is 30.6 Å². The molecule has 96 valence electrons. The molecule has 0 saturated carbocycles. The molecule has 19 heavy (non-hydrogen) atoms. The third-order valence-electron chi connectivity index (χ3n) is 3.10. The number of phenolic OH excluding ortho intramolecular Hbond substituents is 1. The molecule has 1 aromatic carbocycles. The number of Topliss-reactive ketones (excluding diaryl/α,β-unsaturated/α-hetero) is 1. The van der Waals surface area contributed by atoms with Gasteiger partial charge in [-0.2, -0.15) is 0 Å². The van der Waals surface area contributed by atoms with Crippen LogP contribution in [0.1, 0.15) is 21.5 Å². The number of rotatable bonds is 1. The van der Waals surface area contributed by atoms with Crippen LogP contribution in [0.15, 0.2) is 48.3 Å². The SMILES string of the molecule is Cl.O=C1/C(=C\c2ccncc2)Cc2c(O)cccc21. The van der Waals surface area contributed by atoms with Gasteiger partial charge in [0.15, 0.2) is 5.78 Å². The van der Waals surface area contributed by atoms with E-state index >= 15 is 0 Å². The van der Waals surface area contributed by atoms with Crippen molar-refractivity contribution in [3.63, 3.8) is 0 Å². The zero-order valence-corrected chi connectivity index (χ0v) is 10.9. The molecule has 1 aliphatic carbocycles. The van der Waals surface area contributed by atoms with Gasteiger partial charge in [-0.25, -0.2) is 0 Å². The van der Waals surface area contributed by atoms with Crippen molar-refractivity contribution in [1.29, 1.82) is 0 Å². The van der Waals surface area contributed by atoms with Crippen LogP contribution in [0.5, 0.6) is 5.75 Å². The fourth-order valence-corrected chi connectivity index (χ4v) is 2.19. The van der Waals surface area contributed by atoms with Crippen LogP contribution in [0.3, 0.4) is 0 Å². The summed E-state index contributed by atoms with van der Waals surface area (Å²) in [5.41, 5.74) is 2.98. The molecule has 0 unspecified atom stereocenters. The molecule has 1 heterocycles. The van der Waals surface area contributed by atoms with Gasteiger partial charge in [0.25, 0.3) is 0 Å². The smallest absolute Gasteiger partial charge is 0.189 e. The van der Waals surface area contributed by atoms with Crippen molar-refractivity contribution in [2.45, 2.75) is 6.42 Å². The molecular weight excluding hydrogens is 262 g/mol. The highest BCUT2D eigenvalue weighted by atomic mass is 35.5. The summed E-state index contributed by atoms with van der Waals surface area (Å²) in [7, 11) is 0. The minimum atomic E-state index is -0.00212. The van der Waals surface area contributed by atoms with Gasteiger partial charge in [0, 0.05) is 35.5 Å². The summed E-state index contributed by atoms with van der Waals surface area (Å²) in [5, 5.41) is 9.74. The molecule has 0 saturated heterocycles. The third kappa shape index (κ3) is 2.37. The highest BCUT2D eigenvalue weighted by Crippen LogP contribution is 2.33. The average Bonchev–Trinajstić information content (AvgIpc) is 2.70. The maximum Gasteiger partial charge on any atom is 0.189 e. The zero-order valence-electron chi connectivity index (χ0n) is 10.0. The minimum absolute atomic E-state index is 0. The molecule has 1 aliphatic rings. The maximum atomic E-state index is 12.2. The van der Waals surface area contributed by atoms with E-state index in [1.165, 1.54) is 0 Å². The van der Waals surface area contributed by atoms with E-state index in [-0.39, 0.29) is 23.9 Å². The lowest BCUT2D eigenvalue weighted by atomic mass is 10.1. The van der Waals surface area contributed by atoms with Gasteiger partial charge in [-0.1, -0.05) is 12.1 Å². The van der Waals surface area contributed by atoms with Gasteiger partial charge >= 0.3 is 0 Å². The van der Waals surface area contributed by atoms with Crippen LogP contribution in [0.4, 0.5) is 0 Å². The Morgan fingerprint density at radius 2 is 1.89 bits per heavy atom. The highest BCUT2D eigenvalue weighted by Gasteiger charge is 2.26. The summed E-state index contributed by atoms with van der Waals surface area (Å²) in [5.74, 6) is 0.191. The number of nitrogens with zero attached hydrogens (tertiary/aromatic N) is 1. The summed E-state index contributed by atoms with van der Waals surface area (Å²) in [4.78, 5) is 16.1. The van der Waals surface area contributed by atoms with E-state index in [9.17, 15) is 9.90 Å². The van der Waals surface area contributed by atoms with Crippen LogP contribution in [-0.4, -0.2) is 15.9 Å². The Bertz CT molecular complexity index is 650. The number of carbonyl (C=O) groups is 1. The van der Waals surface area contributed by atoms with E-state index in [0.29, 0.717) is 17.6 Å². The first-order valence-corrected chi connectivity index (χ1v) is 5.72. The summed E-state index contributed by atoms with van der Waals surface area (Å²) >= 11 is 0. The van der Waals surface area contributed by atoms with Gasteiger partial charge in [0.1, 0.15) is 5.75 Å². The molecule has 0 atom stereocenters. The number of phenols is 1. The lowest BCUT2D eigenvalue weighted by Gasteiger charge is -1.97. The number of aromatic hydroxyl groups is 1. The van der Waals surface area contributed by atoms with Crippen LogP contribution in [0.2, 0.25) is 0 Å². The first-order valence-electron chi connectivity index (χ1n) is 5.72. The predicted octanol–water partition coefficient (Wildman–Crippen LogP) is 3.03. The maximum absolute atomic E-state index is 12.2. The van der Waals surface area contributed by atoms with Gasteiger partial charge in [0.05, 0.1) is 0 Å². The molecule has 0 aliphatic heterocycles. The number of allylic oxidation sites excluding steroid dienone is 1. The van der Waals surface area contributed by atoms with E-state index < -0.39 is 0 Å². The van der Waals surface area contributed by atoms with Crippen LogP contribution in [0, 0.1) is 0 Å². The van der Waals surface area contributed by atoms with E-state index in [2.05, 4.69) is 4.98 Å². The van der Waals surface area contributed by atoms with Gasteiger partial charge in [-0.3, -0.25) is 9.78 Å². The Kier molecular flexibility index (Phi) is 3.67. The average molecular weight is 274 g/mol. The van der Waals surface area contributed by atoms with E-state index in [0.717, 1.165) is 11.1 Å². The molecule has 0 spiro atoms. The predicted molar refractivity (Wildman–Crippen MR) is 75.6 cm³/mol. The summed E-state index contributed by atoms with van der Waals surface area (Å²) in [6.45, 7) is 0. The number of fused-ring (bicyclic) bond motifs is 1. The Morgan fingerprint density at radius 1 is 1.16 bits per heavy atom. The van der Waals surface area contributed by atoms with Crippen molar-refractivity contribution < 1.29 is 9.90 Å². The molecule has 1 aromatic heterocycles. The number of pyridine rings is 1. The van der Waals surface area contributed by atoms with Crippen molar-refractivity contribution in [3.8, 4) is 5.75 Å². The fraction of sp³-hybridized carbons (Fsp3) is 0.0667. The molecule has 0 radical (unpaired) electrons. The third-order valence-corrected chi connectivity index (χ3v) is 3.10. The summed E-state index contributed by atoms with van der Waals surface area (Å²) < 4.78 is 0. The number of hydrogen-bond acceptors (Lipinski definition) is 3. The lowest BCUT2D eigenvalue weighted by molar-refractivity contribution is 0.104. The lowest BCUT2D eigenvalue weighted by Crippen LogP contribution is -1.94. The number of benzene rings is 1. The molecule has 2 aromatic rings. The van der Waals surface area contributed by atoms with Crippen molar-refractivity contribution in [2.75, 3.05) is 0 Å². The first-order chi connectivity index (χ1) is 8.75. The number of carbonyl (C=O) groups excluding carboxylic acids is 1. The molecule has 4 heteroatoms. The zero-order chi connectivity index (χ0) is 12.5. The fourth-order valence-electron chi connectivity index (χ4n) is 2.19. The normalized spacial score (nSPS) is 15.2. The number of halogens is 1. The molecule has 3 nitrogen and oxygen atoms in total. The summed E-state index contributed by atoms with van der Waals surface area (Å²) in [6.07, 6.45) is 5.72. The molecular formula is C15H12ClNO2. The number of ketones is 1. The van der Waals surface area contributed by atoms with E-state index in [1.807, 2.05) is 18.2 Å². The van der Waals surface area contributed by atoms with Crippen LogP contribution in [-0.2, 0) is 6.42 Å². The van der Waals surface area contributed by atoms with Crippen molar-refractivity contribution in [3.05, 3.63) is 65.0 Å². The van der Waals surface area contributed by atoms with Gasteiger partial charge < -0.3 is 5.11 Å². The monoisotopic (exact) mass is 273 g/mol. The molecule has 0 bridgehead atoms. The first kappa shape index (κ1) is 13.3. The number of hydrogen-bond donors (Lipinski definition) is 1. The molecule has 0 amide bonds. The second kappa shape index (κ2) is 5.24. The second-order valence-electron chi connectivity index (χ2n) is 4.26. The Morgan fingerprint density at radius 3 is 2.58 bits per heavy atom.